The summed E-state index contributed by atoms with van der Waals surface area (Å²) in [7, 11) is 0. The number of rotatable bonds is 6. The molecule has 3 N–H and O–H groups in total. The number of amides is 2. The van der Waals surface area contributed by atoms with Crippen LogP contribution >= 0.6 is 0 Å². The number of aromatic nitrogens is 1. The van der Waals surface area contributed by atoms with Gasteiger partial charge in [-0.1, -0.05) is 0 Å². The normalized spacial score (nSPS) is 11.6. The topological polar surface area (TPSA) is 83.1 Å². The number of likely N-dealkylation sites (N-methyl/N-ethyl adjacent to an activating group) is 1. The minimum Gasteiger partial charge on any atom is -0.370 e. The Labute approximate surface area is 117 Å². The first-order chi connectivity index (χ1) is 9.49. The number of pyridine rings is 1. The van der Waals surface area contributed by atoms with Gasteiger partial charge in [0.1, 0.15) is 17.7 Å². The maximum Gasteiger partial charge on any atom is 0.255 e. The van der Waals surface area contributed by atoms with Crippen molar-refractivity contribution in [2.45, 2.75) is 26.8 Å². The molecule has 0 bridgehead atoms. The van der Waals surface area contributed by atoms with Gasteiger partial charge in [-0.3, -0.25) is 9.59 Å². The van der Waals surface area contributed by atoms with Gasteiger partial charge < -0.3 is 16.0 Å². The predicted molar refractivity (Wildman–Crippen MR) is 74.0 cm³/mol. The van der Waals surface area contributed by atoms with Crippen LogP contribution in [0.25, 0.3) is 0 Å². The monoisotopic (exact) mass is 282 g/mol. The number of carbonyl (C=O) groups excluding carboxylic acids is 2. The molecule has 1 aromatic rings. The first kappa shape index (κ1) is 15.9. The summed E-state index contributed by atoms with van der Waals surface area (Å²) < 4.78 is 13.2. The molecule has 1 rings (SSSR count). The van der Waals surface area contributed by atoms with E-state index in [2.05, 4.69) is 20.9 Å². The second-order valence-electron chi connectivity index (χ2n) is 4.17. The number of hydrogen-bond acceptors (Lipinski definition) is 4. The molecule has 1 unspecified atom stereocenters. The summed E-state index contributed by atoms with van der Waals surface area (Å²) in [5.74, 6) is -1.17. The summed E-state index contributed by atoms with van der Waals surface area (Å²) in [6.07, 6.45) is 1.03. The number of hydrogen-bond donors (Lipinski definition) is 3. The van der Waals surface area contributed by atoms with Crippen molar-refractivity contribution < 1.29 is 14.0 Å². The summed E-state index contributed by atoms with van der Waals surface area (Å²) in [6, 6.07) is 0.380. The Morgan fingerprint density at radius 2 is 2.05 bits per heavy atom. The zero-order valence-corrected chi connectivity index (χ0v) is 11.8. The highest BCUT2D eigenvalue weighted by Crippen LogP contribution is 2.13. The lowest BCUT2D eigenvalue weighted by molar-refractivity contribution is -0.122. The van der Waals surface area contributed by atoms with Crippen LogP contribution in [-0.4, -0.2) is 35.9 Å². The molecule has 20 heavy (non-hydrogen) atoms. The third kappa shape index (κ3) is 4.18. The van der Waals surface area contributed by atoms with Crippen LogP contribution in [0.3, 0.4) is 0 Å². The van der Waals surface area contributed by atoms with E-state index in [1.165, 1.54) is 0 Å². The van der Waals surface area contributed by atoms with Gasteiger partial charge in [0.15, 0.2) is 0 Å². The van der Waals surface area contributed by atoms with Crippen molar-refractivity contribution in [1.82, 2.24) is 15.6 Å². The van der Waals surface area contributed by atoms with Crippen LogP contribution in [0.5, 0.6) is 0 Å². The molecule has 2 amide bonds. The van der Waals surface area contributed by atoms with E-state index in [1.54, 1.807) is 13.8 Å². The van der Waals surface area contributed by atoms with E-state index in [0.717, 1.165) is 12.3 Å². The zero-order chi connectivity index (χ0) is 15.1. The molecule has 1 aromatic heterocycles. The smallest absolute Gasteiger partial charge is 0.255 e. The molecule has 0 aromatic carbocycles. The average molecular weight is 282 g/mol. The minimum atomic E-state index is -0.708. The number of anilines is 1. The SMILES string of the molecule is CCNC(=O)C(C)NC(=O)c1cc(F)cnc1NCC. The van der Waals surface area contributed by atoms with Gasteiger partial charge in [0.25, 0.3) is 5.91 Å². The van der Waals surface area contributed by atoms with Crippen LogP contribution < -0.4 is 16.0 Å². The van der Waals surface area contributed by atoms with E-state index in [4.69, 9.17) is 0 Å². The summed E-state index contributed by atoms with van der Waals surface area (Å²) in [4.78, 5) is 27.5. The van der Waals surface area contributed by atoms with Gasteiger partial charge in [-0.15, -0.1) is 0 Å². The molecule has 0 radical (unpaired) electrons. The molecule has 1 atom stereocenters. The number of carbonyl (C=O) groups is 2. The van der Waals surface area contributed by atoms with Crippen molar-refractivity contribution in [2.75, 3.05) is 18.4 Å². The van der Waals surface area contributed by atoms with E-state index < -0.39 is 17.8 Å². The van der Waals surface area contributed by atoms with Crippen molar-refractivity contribution in [3.05, 3.63) is 23.6 Å². The highest BCUT2D eigenvalue weighted by Gasteiger charge is 2.19. The average Bonchev–Trinajstić information content (AvgIpc) is 2.41. The van der Waals surface area contributed by atoms with Gasteiger partial charge in [-0.2, -0.15) is 0 Å². The molecule has 0 spiro atoms. The molecular weight excluding hydrogens is 263 g/mol. The summed E-state index contributed by atoms with van der Waals surface area (Å²) in [5.41, 5.74) is 0.0722. The Hall–Kier alpha value is -2.18. The lowest BCUT2D eigenvalue weighted by Gasteiger charge is -2.15. The third-order valence-corrected chi connectivity index (χ3v) is 2.54. The predicted octanol–water partition coefficient (Wildman–Crippen LogP) is 0.907. The molecule has 0 fully saturated rings. The quantitative estimate of drug-likeness (QED) is 0.724. The number of halogens is 1. The highest BCUT2D eigenvalue weighted by atomic mass is 19.1. The van der Waals surface area contributed by atoms with E-state index in [1.807, 2.05) is 6.92 Å². The highest BCUT2D eigenvalue weighted by molar-refractivity contribution is 6.01. The molecule has 1 heterocycles. The zero-order valence-electron chi connectivity index (χ0n) is 11.8. The first-order valence-corrected chi connectivity index (χ1v) is 6.47. The van der Waals surface area contributed by atoms with Crippen molar-refractivity contribution in [2.24, 2.45) is 0 Å². The lowest BCUT2D eigenvalue weighted by Crippen LogP contribution is -2.44. The van der Waals surface area contributed by atoms with Crippen molar-refractivity contribution in [3.8, 4) is 0 Å². The molecule has 0 saturated heterocycles. The molecule has 6 nitrogen and oxygen atoms in total. The number of nitrogens with one attached hydrogen (secondary N) is 3. The summed E-state index contributed by atoms with van der Waals surface area (Å²) >= 11 is 0. The van der Waals surface area contributed by atoms with Crippen LogP contribution in [0.4, 0.5) is 10.2 Å². The molecule has 7 heteroatoms. The fourth-order valence-corrected chi connectivity index (χ4v) is 1.59. The molecule has 0 aliphatic heterocycles. The van der Waals surface area contributed by atoms with Crippen LogP contribution in [0.15, 0.2) is 12.3 Å². The Bertz CT molecular complexity index is 493. The molecule has 0 aliphatic carbocycles. The van der Waals surface area contributed by atoms with Gasteiger partial charge in [0.05, 0.1) is 11.8 Å². The van der Waals surface area contributed by atoms with E-state index in [0.29, 0.717) is 13.1 Å². The van der Waals surface area contributed by atoms with Crippen molar-refractivity contribution >= 4 is 17.6 Å². The maximum atomic E-state index is 13.2. The Balaban J connectivity index is 2.86. The largest absolute Gasteiger partial charge is 0.370 e. The maximum absolute atomic E-state index is 13.2. The van der Waals surface area contributed by atoms with Gasteiger partial charge >= 0.3 is 0 Å². The van der Waals surface area contributed by atoms with Crippen LogP contribution in [-0.2, 0) is 4.79 Å². The van der Waals surface area contributed by atoms with Crippen molar-refractivity contribution in [1.29, 1.82) is 0 Å². The first-order valence-electron chi connectivity index (χ1n) is 6.47. The molecular formula is C13H19FN4O2. The Morgan fingerprint density at radius 1 is 1.35 bits per heavy atom. The van der Waals surface area contributed by atoms with E-state index in [9.17, 15) is 14.0 Å². The molecule has 110 valence electrons. The van der Waals surface area contributed by atoms with Gasteiger partial charge in [-0.25, -0.2) is 9.37 Å². The minimum absolute atomic E-state index is 0.0722. The second kappa shape index (κ2) is 7.42. The van der Waals surface area contributed by atoms with E-state index in [-0.39, 0.29) is 17.3 Å². The third-order valence-electron chi connectivity index (χ3n) is 2.54. The Morgan fingerprint density at radius 3 is 2.65 bits per heavy atom. The van der Waals surface area contributed by atoms with E-state index >= 15 is 0 Å². The fourth-order valence-electron chi connectivity index (χ4n) is 1.59. The standard InChI is InChI=1S/C13H19FN4O2/c1-4-15-11-10(6-9(14)7-17-11)13(20)18-8(3)12(19)16-5-2/h6-8H,4-5H2,1-3H3,(H,15,17)(H,16,19)(H,18,20). The fraction of sp³-hybridized carbons (Fsp3) is 0.462. The Kier molecular flexibility index (Phi) is 5.89. The lowest BCUT2D eigenvalue weighted by atomic mass is 10.2. The molecule has 0 aliphatic rings. The van der Waals surface area contributed by atoms with Gasteiger partial charge in [-0.05, 0) is 26.8 Å². The molecule has 0 saturated carbocycles. The summed E-state index contributed by atoms with van der Waals surface area (Å²) in [6.45, 7) is 6.20. The summed E-state index contributed by atoms with van der Waals surface area (Å²) in [5, 5.41) is 7.98. The van der Waals surface area contributed by atoms with Crippen molar-refractivity contribution in [3.63, 3.8) is 0 Å². The number of nitrogens with zero attached hydrogens (tertiary/aromatic N) is 1. The van der Waals surface area contributed by atoms with Gasteiger partial charge in [0.2, 0.25) is 5.91 Å². The van der Waals surface area contributed by atoms with Crippen LogP contribution in [0.2, 0.25) is 0 Å². The van der Waals surface area contributed by atoms with Crippen LogP contribution in [0, 0.1) is 5.82 Å². The second-order valence-corrected chi connectivity index (χ2v) is 4.17. The van der Waals surface area contributed by atoms with Gasteiger partial charge in [0, 0.05) is 13.1 Å². The van der Waals surface area contributed by atoms with Crippen LogP contribution in [0.1, 0.15) is 31.1 Å².